The summed E-state index contributed by atoms with van der Waals surface area (Å²) in [6, 6.07) is 7.31. The van der Waals surface area contributed by atoms with Gasteiger partial charge in [0.15, 0.2) is 5.96 Å². The van der Waals surface area contributed by atoms with Gasteiger partial charge in [0, 0.05) is 11.6 Å². The van der Waals surface area contributed by atoms with Crippen LogP contribution in [-0.2, 0) is 0 Å². The van der Waals surface area contributed by atoms with Gasteiger partial charge in [-0.25, -0.2) is 4.99 Å². The zero-order valence-electron chi connectivity index (χ0n) is 11.2. The monoisotopic (exact) mass is 397 g/mol. The predicted molar refractivity (Wildman–Crippen MR) is 91.7 cm³/mol. The number of halogens is 2. The smallest absolute Gasteiger partial charge is 0.188 e. The van der Waals surface area contributed by atoms with Gasteiger partial charge < -0.3 is 15.8 Å². The molecule has 0 saturated heterocycles. The minimum Gasteiger partial charge on any atom is -0.489 e. The Morgan fingerprint density at radius 2 is 2.26 bits per heavy atom. The highest BCUT2D eigenvalue weighted by Gasteiger charge is 2.03. The van der Waals surface area contributed by atoms with Gasteiger partial charge in [-0.3, -0.25) is 0 Å². The summed E-state index contributed by atoms with van der Waals surface area (Å²) >= 11 is 5.88. The van der Waals surface area contributed by atoms with Crippen LogP contribution in [0.1, 0.15) is 20.3 Å². The van der Waals surface area contributed by atoms with Gasteiger partial charge in [-0.15, -0.1) is 24.0 Å². The van der Waals surface area contributed by atoms with E-state index in [0.29, 0.717) is 17.5 Å². The van der Waals surface area contributed by atoms with Crippen LogP contribution >= 0.6 is 35.6 Å². The molecule has 0 aliphatic rings. The van der Waals surface area contributed by atoms with E-state index in [-0.39, 0.29) is 30.1 Å². The van der Waals surface area contributed by atoms with Crippen molar-refractivity contribution in [3.63, 3.8) is 0 Å². The largest absolute Gasteiger partial charge is 0.489 e. The minimum atomic E-state index is -0.0505. The lowest BCUT2D eigenvalue weighted by molar-refractivity contribution is 0.230. The summed E-state index contributed by atoms with van der Waals surface area (Å²) in [7, 11) is 0. The van der Waals surface area contributed by atoms with Crippen molar-refractivity contribution in [3.05, 3.63) is 29.3 Å². The Morgan fingerprint density at radius 1 is 1.53 bits per heavy atom. The van der Waals surface area contributed by atoms with Crippen LogP contribution in [0.3, 0.4) is 0 Å². The fourth-order valence-corrected chi connectivity index (χ4v) is 1.53. The number of hydrogen-bond donors (Lipinski definition) is 2. The van der Waals surface area contributed by atoms with Gasteiger partial charge >= 0.3 is 0 Å². The molecule has 0 aromatic heterocycles. The zero-order valence-corrected chi connectivity index (χ0v) is 14.3. The molecule has 0 bridgehead atoms. The zero-order chi connectivity index (χ0) is 13.4. The molecule has 19 heavy (non-hydrogen) atoms. The minimum absolute atomic E-state index is 0. The maximum Gasteiger partial charge on any atom is 0.188 e. The Balaban J connectivity index is 0.00000324. The lowest BCUT2D eigenvalue weighted by atomic mass is 10.3. The van der Waals surface area contributed by atoms with E-state index in [2.05, 4.69) is 17.2 Å². The number of aliphatic imine (C=N–C) groups is 1. The Kier molecular flexibility index (Phi) is 9.77. The normalized spacial score (nSPS) is 12.5. The van der Waals surface area contributed by atoms with Crippen molar-refractivity contribution in [2.24, 2.45) is 10.7 Å². The van der Waals surface area contributed by atoms with E-state index in [1.807, 2.05) is 25.1 Å². The SMILES string of the molecule is CCCNC(N)=NCC(C)Oc1cccc(Cl)c1.I. The highest BCUT2D eigenvalue weighted by molar-refractivity contribution is 14.0. The van der Waals surface area contributed by atoms with E-state index in [0.717, 1.165) is 18.7 Å². The third kappa shape index (κ3) is 8.15. The number of hydrogen-bond acceptors (Lipinski definition) is 2. The fraction of sp³-hybridized carbons (Fsp3) is 0.462. The third-order valence-electron chi connectivity index (χ3n) is 2.21. The molecule has 108 valence electrons. The van der Waals surface area contributed by atoms with E-state index in [4.69, 9.17) is 22.1 Å². The summed E-state index contributed by atoms with van der Waals surface area (Å²) in [6.07, 6.45) is 0.968. The molecule has 0 fully saturated rings. The van der Waals surface area contributed by atoms with Crippen molar-refractivity contribution >= 4 is 41.5 Å². The molecule has 1 unspecified atom stereocenters. The Morgan fingerprint density at radius 3 is 2.89 bits per heavy atom. The number of ether oxygens (including phenoxy) is 1. The molecule has 1 atom stereocenters. The molecule has 0 aliphatic carbocycles. The van der Waals surface area contributed by atoms with E-state index in [1.54, 1.807) is 6.07 Å². The lowest BCUT2D eigenvalue weighted by Gasteiger charge is -2.13. The van der Waals surface area contributed by atoms with Crippen LogP contribution < -0.4 is 15.8 Å². The molecule has 1 rings (SSSR count). The highest BCUT2D eigenvalue weighted by Crippen LogP contribution is 2.18. The third-order valence-corrected chi connectivity index (χ3v) is 2.44. The average molecular weight is 398 g/mol. The van der Waals surface area contributed by atoms with Crippen molar-refractivity contribution < 1.29 is 4.74 Å². The first-order valence-electron chi connectivity index (χ1n) is 6.07. The van der Waals surface area contributed by atoms with Crippen molar-refractivity contribution in [3.8, 4) is 5.75 Å². The second-order valence-electron chi connectivity index (χ2n) is 4.04. The van der Waals surface area contributed by atoms with Gasteiger partial charge in [-0.1, -0.05) is 24.6 Å². The van der Waals surface area contributed by atoms with E-state index >= 15 is 0 Å². The van der Waals surface area contributed by atoms with Gasteiger partial charge in [0.1, 0.15) is 11.9 Å². The van der Waals surface area contributed by atoms with Gasteiger partial charge in [0.25, 0.3) is 0 Å². The average Bonchev–Trinajstić information content (AvgIpc) is 2.34. The first kappa shape index (κ1) is 18.3. The van der Waals surface area contributed by atoms with E-state index < -0.39 is 0 Å². The van der Waals surface area contributed by atoms with Gasteiger partial charge in [0.05, 0.1) is 6.54 Å². The molecule has 0 amide bonds. The molecule has 0 aliphatic heterocycles. The molecular formula is C13H21ClIN3O. The molecule has 0 heterocycles. The summed E-state index contributed by atoms with van der Waals surface area (Å²) in [5, 5.41) is 3.67. The molecule has 1 aromatic rings. The number of nitrogens with zero attached hydrogens (tertiary/aromatic N) is 1. The van der Waals surface area contributed by atoms with E-state index in [1.165, 1.54) is 0 Å². The number of nitrogens with one attached hydrogen (secondary N) is 1. The molecule has 0 radical (unpaired) electrons. The van der Waals surface area contributed by atoms with Crippen LogP contribution in [0.15, 0.2) is 29.3 Å². The van der Waals surface area contributed by atoms with Crippen molar-refractivity contribution in [2.45, 2.75) is 26.4 Å². The number of guanidine groups is 1. The van der Waals surface area contributed by atoms with Crippen molar-refractivity contribution in [1.29, 1.82) is 0 Å². The molecule has 6 heteroatoms. The van der Waals surface area contributed by atoms with E-state index in [9.17, 15) is 0 Å². The van der Waals surface area contributed by atoms with Gasteiger partial charge in [-0.2, -0.15) is 0 Å². The van der Waals surface area contributed by atoms with Crippen molar-refractivity contribution in [2.75, 3.05) is 13.1 Å². The fourth-order valence-electron chi connectivity index (χ4n) is 1.35. The molecular weight excluding hydrogens is 377 g/mol. The summed E-state index contributed by atoms with van der Waals surface area (Å²) in [5.74, 6) is 1.20. The van der Waals surface area contributed by atoms with Crippen molar-refractivity contribution in [1.82, 2.24) is 5.32 Å². The second-order valence-corrected chi connectivity index (χ2v) is 4.47. The molecule has 0 saturated carbocycles. The molecule has 1 aromatic carbocycles. The predicted octanol–water partition coefficient (Wildman–Crippen LogP) is 3.04. The summed E-state index contributed by atoms with van der Waals surface area (Å²) < 4.78 is 5.68. The Labute approximate surface area is 136 Å². The lowest BCUT2D eigenvalue weighted by Crippen LogP contribution is -2.33. The molecule has 0 spiro atoms. The number of rotatable bonds is 6. The van der Waals surface area contributed by atoms with Crippen LogP contribution in [0.5, 0.6) is 5.75 Å². The maximum absolute atomic E-state index is 5.88. The summed E-state index contributed by atoms with van der Waals surface area (Å²) in [5.41, 5.74) is 5.69. The Hall–Kier alpha value is -0.690. The first-order valence-corrected chi connectivity index (χ1v) is 6.45. The molecule has 3 N–H and O–H groups in total. The van der Waals surface area contributed by atoms with Gasteiger partial charge in [-0.05, 0) is 31.5 Å². The van der Waals surface area contributed by atoms with Crippen LogP contribution in [0.4, 0.5) is 0 Å². The van der Waals surface area contributed by atoms with Crippen LogP contribution in [0, 0.1) is 0 Å². The van der Waals surface area contributed by atoms with Crippen LogP contribution in [-0.4, -0.2) is 25.2 Å². The number of nitrogens with two attached hydrogens (primary N) is 1. The standard InChI is InChI=1S/C13H20ClN3O.HI/c1-3-7-16-13(15)17-9-10(2)18-12-6-4-5-11(14)8-12;/h4-6,8,10H,3,7,9H2,1-2H3,(H3,15,16,17);1H. The summed E-state index contributed by atoms with van der Waals surface area (Å²) in [6.45, 7) is 5.36. The summed E-state index contributed by atoms with van der Waals surface area (Å²) in [4.78, 5) is 4.21. The topological polar surface area (TPSA) is 59.6 Å². The van der Waals surface area contributed by atoms with Crippen LogP contribution in [0.2, 0.25) is 5.02 Å². The molecule has 4 nitrogen and oxygen atoms in total. The number of benzene rings is 1. The first-order chi connectivity index (χ1) is 8.61. The Bertz CT molecular complexity index is 401. The quantitative estimate of drug-likeness (QED) is 0.441. The van der Waals surface area contributed by atoms with Gasteiger partial charge in [0.2, 0.25) is 0 Å². The second kappa shape index (κ2) is 10.1. The highest BCUT2D eigenvalue weighted by atomic mass is 127. The maximum atomic E-state index is 5.88. The van der Waals surface area contributed by atoms with Crippen LogP contribution in [0.25, 0.3) is 0 Å².